The summed E-state index contributed by atoms with van der Waals surface area (Å²) in [5.74, 6) is 2.67. The zero-order chi connectivity index (χ0) is 13.5. The summed E-state index contributed by atoms with van der Waals surface area (Å²) in [5, 5.41) is 6.47. The van der Waals surface area contributed by atoms with Crippen LogP contribution in [0.4, 0.5) is 11.6 Å². The van der Waals surface area contributed by atoms with Gasteiger partial charge in [0.05, 0.1) is 0 Å². The van der Waals surface area contributed by atoms with Crippen LogP contribution in [-0.4, -0.2) is 43.2 Å². The summed E-state index contributed by atoms with van der Waals surface area (Å²) in [6.07, 6.45) is 1.08. The van der Waals surface area contributed by atoms with Crippen LogP contribution in [0.25, 0.3) is 0 Å². The first-order chi connectivity index (χ1) is 8.54. The molecule has 0 aliphatic carbocycles. The fraction of sp³-hybridized carbons (Fsp3) is 0.692. The van der Waals surface area contributed by atoms with E-state index in [-0.39, 0.29) is 0 Å². The molecular formula is C13H25N5. The maximum Gasteiger partial charge on any atom is 0.134 e. The lowest BCUT2D eigenvalue weighted by atomic mass is 10.3. The first-order valence-corrected chi connectivity index (χ1v) is 6.51. The maximum absolute atomic E-state index is 4.46. The quantitative estimate of drug-likeness (QED) is 0.722. The van der Waals surface area contributed by atoms with Gasteiger partial charge < -0.3 is 15.5 Å². The van der Waals surface area contributed by atoms with E-state index in [1.54, 1.807) is 0 Å². The van der Waals surface area contributed by atoms with Gasteiger partial charge in [0.15, 0.2) is 0 Å². The molecule has 0 aliphatic heterocycles. The van der Waals surface area contributed by atoms with Crippen molar-refractivity contribution >= 4 is 11.6 Å². The predicted octanol–water partition coefficient (Wildman–Crippen LogP) is 1.65. The minimum atomic E-state index is 0.427. The molecule has 0 amide bonds. The summed E-state index contributed by atoms with van der Waals surface area (Å²) in [6, 6.07) is 2.43. The van der Waals surface area contributed by atoms with E-state index < -0.39 is 0 Å². The number of hydrogen-bond acceptors (Lipinski definition) is 5. The van der Waals surface area contributed by atoms with Crippen molar-refractivity contribution in [2.45, 2.75) is 33.2 Å². The van der Waals surface area contributed by atoms with Crippen molar-refractivity contribution in [2.24, 2.45) is 0 Å². The molecule has 18 heavy (non-hydrogen) atoms. The average molecular weight is 251 g/mol. The van der Waals surface area contributed by atoms with Crippen LogP contribution in [0, 0.1) is 6.92 Å². The second kappa shape index (κ2) is 7.16. The van der Waals surface area contributed by atoms with Gasteiger partial charge in [-0.1, -0.05) is 0 Å². The Morgan fingerprint density at radius 2 is 2.00 bits per heavy atom. The Kier molecular flexibility index (Phi) is 5.85. The fourth-order valence-corrected chi connectivity index (χ4v) is 1.57. The molecule has 0 aromatic carbocycles. The van der Waals surface area contributed by atoms with E-state index in [0.717, 1.165) is 37.0 Å². The highest BCUT2D eigenvalue weighted by atomic mass is 15.2. The highest BCUT2D eigenvalue weighted by molar-refractivity contribution is 5.49. The molecule has 5 nitrogen and oxygen atoms in total. The van der Waals surface area contributed by atoms with Crippen LogP contribution >= 0.6 is 0 Å². The largest absolute Gasteiger partial charge is 0.370 e. The predicted molar refractivity (Wildman–Crippen MR) is 77.3 cm³/mol. The van der Waals surface area contributed by atoms with Crippen LogP contribution in [0.1, 0.15) is 26.1 Å². The van der Waals surface area contributed by atoms with Crippen molar-refractivity contribution in [3.05, 3.63) is 11.9 Å². The summed E-state index contributed by atoms with van der Waals surface area (Å²) in [4.78, 5) is 11.0. The van der Waals surface area contributed by atoms with E-state index >= 15 is 0 Å². The molecule has 0 atom stereocenters. The third kappa shape index (κ3) is 4.49. The van der Waals surface area contributed by atoms with Gasteiger partial charge in [0, 0.05) is 25.7 Å². The Labute approximate surface area is 110 Å². The Balaban J connectivity index is 2.68. The molecule has 1 heterocycles. The second-order valence-corrected chi connectivity index (χ2v) is 4.75. The molecule has 0 saturated carbocycles. The third-order valence-corrected chi connectivity index (χ3v) is 2.87. The Hall–Kier alpha value is -1.36. The molecule has 1 aromatic rings. The van der Waals surface area contributed by atoms with Crippen LogP contribution < -0.4 is 15.5 Å². The van der Waals surface area contributed by atoms with Crippen molar-refractivity contribution in [2.75, 3.05) is 37.4 Å². The number of nitrogens with zero attached hydrogens (tertiary/aromatic N) is 3. The zero-order valence-corrected chi connectivity index (χ0v) is 12.1. The SMILES string of the molecule is CNCCCNc1cc(N(C)C(C)C)nc(C)n1. The van der Waals surface area contributed by atoms with Gasteiger partial charge in [-0.2, -0.15) is 0 Å². The van der Waals surface area contributed by atoms with Crippen molar-refractivity contribution in [1.29, 1.82) is 0 Å². The standard InChI is InChI=1S/C13H25N5/c1-10(2)18(5)13-9-12(16-11(3)17-13)15-8-6-7-14-4/h9-10,14H,6-8H2,1-5H3,(H,15,16,17). The topological polar surface area (TPSA) is 53.1 Å². The smallest absolute Gasteiger partial charge is 0.134 e. The van der Waals surface area contributed by atoms with Crippen molar-refractivity contribution in [3.8, 4) is 0 Å². The van der Waals surface area contributed by atoms with Gasteiger partial charge in [0.1, 0.15) is 17.5 Å². The van der Waals surface area contributed by atoms with Crippen LogP contribution in [-0.2, 0) is 0 Å². The maximum atomic E-state index is 4.46. The molecule has 0 aliphatic rings. The Morgan fingerprint density at radius 3 is 2.61 bits per heavy atom. The van der Waals surface area contributed by atoms with Gasteiger partial charge in [0.2, 0.25) is 0 Å². The summed E-state index contributed by atoms with van der Waals surface area (Å²) in [6.45, 7) is 8.16. The lowest BCUT2D eigenvalue weighted by Crippen LogP contribution is -2.27. The number of anilines is 2. The molecule has 102 valence electrons. The van der Waals surface area contributed by atoms with E-state index in [1.807, 2.05) is 20.0 Å². The average Bonchev–Trinajstić information content (AvgIpc) is 2.33. The van der Waals surface area contributed by atoms with E-state index in [4.69, 9.17) is 0 Å². The minimum Gasteiger partial charge on any atom is -0.370 e. The number of aromatic nitrogens is 2. The van der Waals surface area contributed by atoms with Crippen molar-refractivity contribution < 1.29 is 0 Å². The highest BCUT2D eigenvalue weighted by Crippen LogP contribution is 2.16. The second-order valence-electron chi connectivity index (χ2n) is 4.75. The molecule has 1 aromatic heterocycles. The number of aryl methyl sites for hydroxylation is 1. The number of hydrogen-bond donors (Lipinski definition) is 2. The van der Waals surface area contributed by atoms with Crippen molar-refractivity contribution in [1.82, 2.24) is 15.3 Å². The number of rotatable bonds is 7. The molecule has 0 bridgehead atoms. The Morgan fingerprint density at radius 1 is 1.28 bits per heavy atom. The first-order valence-electron chi connectivity index (χ1n) is 6.51. The monoisotopic (exact) mass is 251 g/mol. The van der Waals surface area contributed by atoms with Gasteiger partial charge in [-0.3, -0.25) is 0 Å². The molecule has 2 N–H and O–H groups in total. The normalized spacial score (nSPS) is 10.8. The minimum absolute atomic E-state index is 0.427. The first kappa shape index (κ1) is 14.7. The Bertz CT molecular complexity index is 364. The van der Waals surface area contributed by atoms with Crippen LogP contribution in [0.3, 0.4) is 0 Å². The fourth-order valence-electron chi connectivity index (χ4n) is 1.57. The lowest BCUT2D eigenvalue weighted by molar-refractivity contribution is 0.735. The lowest BCUT2D eigenvalue weighted by Gasteiger charge is -2.23. The highest BCUT2D eigenvalue weighted by Gasteiger charge is 2.09. The number of nitrogens with one attached hydrogen (secondary N) is 2. The summed E-state index contributed by atoms with van der Waals surface area (Å²) < 4.78 is 0. The molecule has 0 unspecified atom stereocenters. The van der Waals surface area contributed by atoms with E-state index in [0.29, 0.717) is 6.04 Å². The third-order valence-electron chi connectivity index (χ3n) is 2.87. The van der Waals surface area contributed by atoms with Crippen LogP contribution in [0.2, 0.25) is 0 Å². The summed E-state index contributed by atoms with van der Waals surface area (Å²) >= 11 is 0. The van der Waals surface area contributed by atoms with Gasteiger partial charge in [-0.05, 0) is 40.8 Å². The van der Waals surface area contributed by atoms with Gasteiger partial charge in [-0.25, -0.2) is 9.97 Å². The van der Waals surface area contributed by atoms with Crippen molar-refractivity contribution in [3.63, 3.8) is 0 Å². The van der Waals surface area contributed by atoms with Gasteiger partial charge in [0.25, 0.3) is 0 Å². The van der Waals surface area contributed by atoms with Crippen LogP contribution in [0.5, 0.6) is 0 Å². The molecular weight excluding hydrogens is 226 g/mol. The van der Waals surface area contributed by atoms with E-state index in [2.05, 4.69) is 46.4 Å². The van der Waals surface area contributed by atoms with E-state index in [1.165, 1.54) is 0 Å². The van der Waals surface area contributed by atoms with Gasteiger partial charge in [-0.15, -0.1) is 0 Å². The molecule has 5 heteroatoms. The summed E-state index contributed by atoms with van der Waals surface area (Å²) in [5.41, 5.74) is 0. The van der Waals surface area contributed by atoms with E-state index in [9.17, 15) is 0 Å². The van der Waals surface area contributed by atoms with Crippen LogP contribution in [0.15, 0.2) is 6.07 Å². The molecule has 0 spiro atoms. The molecule has 0 fully saturated rings. The molecule has 0 radical (unpaired) electrons. The summed E-state index contributed by atoms with van der Waals surface area (Å²) in [7, 11) is 4.02. The van der Waals surface area contributed by atoms with Gasteiger partial charge >= 0.3 is 0 Å². The molecule has 0 saturated heterocycles. The zero-order valence-electron chi connectivity index (χ0n) is 12.1. The molecule has 1 rings (SSSR count).